The van der Waals surface area contributed by atoms with Gasteiger partial charge in [0.2, 0.25) is 0 Å². The number of benzene rings is 1. The zero-order chi connectivity index (χ0) is 13.7. The number of nitro benzene ring substituents is 1. The smallest absolute Gasteiger partial charge is 0.269 e. The SMILES string of the molecule is O=[N+]([O-])c1ccc(CNC2CCCCCC2O)cc1. The number of nitro groups is 1. The van der Waals surface area contributed by atoms with Gasteiger partial charge in [0.05, 0.1) is 11.0 Å². The molecule has 0 bridgehead atoms. The quantitative estimate of drug-likeness (QED) is 0.497. The second-order valence-electron chi connectivity index (χ2n) is 5.12. The Bertz CT molecular complexity index is 419. The van der Waals surface area contributed by atoms with Gasteiger partial charge in [0.25, 0.3) is 5.69 Å². The molecule has 2 rings (SSSR count). The fourth-order valence-electron chi connectivity index (χ4n) is 2.51. The number of aliphatic hydroxyl groups excluding tert-OH is 1. The maximum atomic E-state index is 10.6. The van der Waals surface area contributed by atoms with E-state index in [0.29, 0.717) is 6.54 Å². The normalized spacial score (nSPS) is 23.8. The molecular formula is C14H20N2O3. The predicted molar refractivity (Wildman–Crippen MR) is 72.8 cm³/mol. The van der Waals surface area contributed by atoms with Crippen LogP contribution in [0.1, 0.15) is 37.7 Å². The molecule has 19 heavy (non-hydrogen) atoms. The van der Waals surface area contributed by atoms with Crippen LogP contribution in [0.4, 0.5) is 5.69 Å². The van der Waals surface area contributed by atoms with Gasteiger partial charge < -0.3 is 10.4 Å². The van der Waals surface area contributed by atoms with Crippen LogP contribution in [0.25, 0.3) is 0 Å². The van der Waals surface area contributed by atoms with Gasteiger partial charge in [-0.2, -0.15) is 0 Å². The van der Waals surface area contributed by atoms with Gasteiger partial charge in [0.15, 0.2) is 0 Å². The van der Waals surface area contributed by atoms with Gasteiger partial charge in [-0.3, -0.25) is 10.1 Å². The summed E-state index contributed by atoms with van der Waals surface area (Å²) in [5.74, 6) is 0. The molecule has 1 aromatic rings. The molecule has 2 N–H and O–H groups in total. The fraction of sp³-hybridized carbons (Fsp3) is 0.571. The predicted octanol–water partition coefficient (Wildman–Crippen LogP) is 2.38. The highest BCUT2D eigenvalue weighted by molar-refractivity contribution is 5.32. The van der Waals surface area contributed by atoms with Crippen LogP contribution in [0.3, 0.4) is 0 Å². The van der Waals surface area contributed by atoms with Gasteiger partial charge in [-0.1, -0.05) is 31.4 Å². The molecule has 1 saturated carbocycles. The highest BCUT2D eigenvalue weighted by atomic mass is 16.6. The third-order valence-electron chi connectivity index (χ3n) is 3.70. The summed E-state index contributed by atoms with van der Waals surface area (Å²) in [6.07, 6.45) is 5.01. The molecule has 0 aliphatic heterocycles. The lowest BCUT2D eigenvalue weighted by atomic mass is 10.1. The summed E-state index contributed by atoms with van der Waals surface area (Å²) in [6.45, 7) is 0.639. The molecule has 1 aromatic carbocycles. The molecule has 104 valence electrons. The first kappa shape index (κ1) is 14.0. The van der Waals surface area contributed by atoms with Crippen LogP contribution in [-0.2, 0) is 6.54 Å². The van der Waals surface area contributed by atoms with Crippen LogP contribution < -0.4 is 5.32 Å². The van der Waals surface area contributed by atoms with Gasteiger partial charge in [0, 0.05) is 24.7 Å². The lowest BCUT2D eigenvalue weighted by Gasteiger charge is -2.21. The summed E-state index contributed by atoms with van der Waals surface area (Å²) in [6, 6.07) is 6.68. The minimum atomic E-state index is -0.397. The van der Waals surface area contributed by atoms with E-state index in [-0.39, 0.29) is 17.8 Å². The van der Waals surface area contributed by atoms with E-state index in [4.69, 9.17) is 0 Å². The topological polar surface area (TPSA) is 75.4 Å². The van der Waals surface area contributed by atoms with Crippen molar-refractivity contribution in [3.05, 3.63) is 39.9 Å². The standard InChI is InChI=1S/C14H20N2O3/c17-14-5-3-1-2-4-13(14)15-10-11-6-8-12(9-7-11)16(18)19/h6-9,13-15,17H,1-5,10H2. The fourth-order valence-corrected chi connectivity index (χ4v) is 2.51. The molecule has 0 aromatic heterocycles. The average molecular weight is 264 g/mol. The number of nitrogens with zero attached hydrogens (tertiary/aromatic N) is 1. The number of non-ortho nitro benzene ring substituents is 1. The van der Waals surface area contributed by atoms with Crippen LogP contribution in [-0.4, -0.2) is 22.2 Å². The van der Waals surface area contributed by atoms with Crippen molar-refractivity contribution in [2.45, 2.75) is 50.8 Å². The van der Waals surface area contributed by atoms with Crippen LogP contribution >= 0.6 is 0 Å². The van der Waals surface area contributed by atoms with E-state index < -0.39 is 4.92 Å². The molecule has 0 heterocycles. The van der Waals surface area contributed by atoms with E-state index in [1.54, 1.807) is 12.1 Å². The van der Waals surface area contributed by atoms with Gasteiger partial charge >= 0.3 is 0 Å². The van der Waals surface area contributed by atoms with Crippen LogP contribution in [0.15, 0.2) is 24.3 Å². The maximum Gasteiger partial charge on any atom is 0.269 e. The molecule has 0 spiro atoms. The Morgan fingerprint density at radius 1 is 1.21 bits per heavy atom. The first-order valence-corrected chi connectivity index (χ1v) is 6.81. The van der Waals surface area contributed by atoms with Crippen molar-refractivity contribution >= 4 is 5.69 Å². The van der Waals surface area contributed by atoms with Crippen LogP contribution in [0, 0.1) is 10.1 Å². The molecule has 5 heteroatoms. The molecule has 0 amide bonds. The molecule has 5 nitrogen and oxygen atoms in total. The van der Waals surface area contributed by atoms with E-state index in [2.05, 4.69) is 5.32 Å². The number of rotatable bonds is 4. The van der Waals surface area contributed by atoms with E-state index in [1.165, 1.54) is 18.6 Å². The molecule has 1 aliphatic carbocycles. The highest BCUT2D eigenvalue weighted by Gasteiger charge is 2.20. The number of nitrogens with one attached hydrogen (secondary N) is 1. The Balaban J connectivity index is 1.88. The molecule has 2 atom stereocenters. The Hall–Kier alpha value is -1.46. The Morgan fingerprint density at radius 3 is 2.58 bits per heavy atom. The number of hydrogen-bond donors (Lipinski definition) is 2. The van der Waals surface area contributed by atoms with Crippen molar-refractivity contribution < 1.29 is 10.0 Å². The minimum Gasteiger partial charge on any atom is -0.392 e. The molecular weight excluding hydrogens is 244 g/mol. The molecule has 1 fully saturated rings. The third-order valence-corrected chi connectivity index (χ3v) is 3.70. The first-order valence-electron chi connectivity index (χ1n) is 6.81. The maximum absolute atomic E-state index is 10.6. The van der Waals surface area contributed by atoms with E-state index in [1.807, 2.05) is 0 Å². The van der Waals surface area contributed by atoms with Gasteiger partial charge in [-0.15, -0.1) is 0 Å². The zero-order valence-electron chi connectivity index (χ0n) is 10.9. The molecule has 0 radical (unpaired) electrons. The average Bonchev–Trinajstić information content (AvgIpc) is 2.61. The van der Waals surface area contributed by atoms with Crippen molar-refractivity contribution in [2.24, 2.45) is 0 Å². The number of hydrogen-bond acceptors (Lipinski definition) is 4. The Morgan fingerprint density at radius 2 is 1.89 bits per heavy atom. The molecule has 2 unspecified atom stereocenters. The van der Waals surface area contributed by atoms with Crippen molar-refractivity contribution in [3.8, 4) is 0 Å². The van der Waals surface area contributed by atoms with Gasteiger partial charge in [-0.05, 0) is 18.4 Å². The third kappa shape index (κ3) is 4.01. The van der Waals surface area contributed by atoms with Crippen molar-refractivity contribution in [1.29, 1.82) is 0 Å². The first-order chi connectivity index (χ1) is 9.16. The molecule has 0 saturated heterocycles. The summed E-state index contributed by atoms with van der Waals surface area (Å²) in [5, 5.41) is 23.9. The second kappa shape index (κ2) is 6.63. The Labute approximate surface area is 112 Å². The highest BCUT2D eigenvalue weighted by Crippen LogP contribution is 2.19. The lowest BCUT2D eigenvalue weighted by Crippen LogP contribution is -2.38. The largest absolute Gasteiger partial charge is 0.392 e. The summed E-state index contributed by atoms with van der Waals surface area (Å²) in [5.41, 5.74) is 1.11. The molecule has 1 aliphatic rings. The summed E-state index contributed by atoms with van der Waals surface area (Å²) in [4.78, 5) is 10.2. The summed E-state index contributed by atoms with van der Waals surface area (Å²) < 4.78 is 0. The van der Waals surface area contributed by atoms with Crippen LogP contribution in [0.5, 0.6) is 0 Å². The second-order valence-corrected chi connectivity index (χ2v) is 5.12. The van der Waals surface area contributed by atoms with E-state index in [9.17, 15) is 15.2 Å². The lowest BCUT2D eigenvalue weighted by molar-refractivity contribution is -0.384. The Kier molecular flexibility index (Phi) is 4.87. The van der Waals surface area contributed by atoms with Crippen LogP contribution in [0.2, 0.25) is 0 Å². The van der Waals surface area contributed by atoms with Gasteiger partial charge in [0.1, 0.15) is 0 Å². The summed E-state index contributed by atoms with van der Waals surface area (Å²) >= 11 is 0. The van der Waals surface area contributed by atoms with Crippen molar-refractivity contribution in [3.63, 3.8) is 0 Å². The van der Waals surface area contributed by atoms with Gasteiger partial charge in [-0.25, -0.2) is 0 Å². The van der Waals surface area contributed by atoms with E-state index >= 15 is 0 Å². The number of aliphatic hydroxyl groups is 1. The monoisotopic (exact) mass is 264 g/mol. The summed E-state index contributed by atoms with van der Waals surface area (Å²) in [7, 11) is 0. The zero-order valence-corrected chi connectivity index (χ0v) is 10.9. The van der Waals surface area contributed by atoms with Crippen molar-refractivity contribution in [1.82, 2.24) is 5.32 Å². The van der Waals surface area contributed by atoms with E-state index in [0.717, 1.165) is 31.2 Å². The van der Waals surface area contributed by atoms with Crippen molar-refractivity contribution in [2.75, 3.05) is 0 Å². The minimum absolute atomic E-state index is 0.109.